The number of imidazole rings is 1. The first kappa shape index (κ1) is 26.0. The van der Waals surface area contributed by atoms with Gasteiger partial charge in [0.15, 0.2) is 23.1 Å². The van der Waals surface area contributed by atoms with E-state index >= 15 is 0 Å². The van der Waals surface area contributed by atoms with Crippen molar-refractivity contribution in [2.45, 2.75) is 51.3 Å². The first-order valence-electron chi connectivity index (χ1n) is 12.6. The van der Waals surface area contributed by atoms with Gasteiger partial charge in [0.25, 0.3) is 0 Å². The molecular weight excluding hydrogens is 461 g/mol. The molecule has 0 radical (unpaired) electrons. The molecule has 3 aromatic rings. The van der Waals surface area contributed by atoms with Crippen molar-refractivity contribution in [2.75, 3.05) is 33.4 Å². The highest BCUT2D eigenvalue weighted by atomic mass is 19.1. The highest BCUT2D eigenvalue weighted by molar-refractivity contribution is 5.43. The van der Waals surface area contributed by atoms with Crippen LogP contribution in [0.15, 0.2) is 54.9 Å². The van der Waals surface area contributed by atoms with Gasteiger partial charge in [-0.3, -0.25) is 4.90 Å². The number of rotatable bonds is 11. The Bertz CT molecular complexity index is 1120. The van der Waals surface area contributed by atoms with Crippen LogP contribution in [0, 0.1) is 12.7 Å². The van der Waals surface area contributed by atoms with Crippen LogP contribution in [0.5, 0.6) is 17.2 Å². The van der Waals surface area contributed by atoms with Gasteiger partial charge in [-0.1, -0.05) is 18.2 Å². The molecule has 8 heteroatoms. The molecule has 2 heterocycles. The Morgan fingerprint density at radius 3 is 2.69 bits per heavy atom. The molecule has 1 aliphatic heterocycles. The summed E-state index contributed by atoms with van der Waals surface area (Å²) in [7, 11) is 1.65. The van der Waals surface area contributed by atoms with Crippen molar-refractivity contribution >= 4 is 0 Å². The number of hydrogen-bond acceptors (Lipinski definition) is 6. The van der Waals surface area contributed by atoms with Crippen molar-refractivity contribution in [3.63, 3.8) is 0 Å². The van der Waals surface area contributed by atoms with E-state index in [0.717, 1.165) is 56.2 Å². The van der Waals surface area contributed by atoms with Crippen molar-refractivity contribution in [1.82, 2.24) is 14.5 Å². The summed E-state index contributed by atoms with van der Waals surface area (Å²) in [6.45, 7) is 5.85. The van der Waals surface area contributed by atoms with Crippen LogP contribution in [0.25, 0.3) is 0 Å². The van der Waals surface area contributed by atoms with E-state index in [9.17, 15) is 9.50 Å². The summed E-state index contributed by atoms with van der Waals surface area (Å²) in [5.41, 5.74) is 0.156. The number of likely N-dealkylation sites (tertiary alicyclic amines) is 1. The normalized spacial score (nSPS) is 18.6. The second-order valence-corrected chi connectivity index (χ2v) is 9.43. The molecule has 0 unspecified atom stereocenters. The number of para-hydroxylation sites is 1. The average molecular weight is 498 g/mol. The summed E-state index contributed by atoms with van der Waals surface area (Å²) in [4.78, 5) is 6.58. The fourth-order valence-corrected chi connectivity index (χ4v) is 4.56. The van der Waals surface area contributed by atoms with Crippen molar-refractivity contribution in [3.05, 3.63) is 72.1 Å². The summed E-state index contributed by atoms with van der Waals surface area (Å²) in [6.07, 6.45) is 6.67. The maximum absolute atomic E-state index is 13.9. The Labute approximate surface area is 212 Å². The molecule has 194 valence electrons. The van der Waals surface area contributed by atoms with Crippen LogP contribution >= 0.6 is 0 Å². The molecule has 1 saturated heterocycles. The number of benzene rings is 2. The SMILES string of the molecule is COc1ccc(CN2CCC[C@@](O)(COc3ccccc3F)CC2)cc1OCCCn1ccnc1C. The molecule has 2 aromatic carbocycles. The maximum Gasteiger partial charge on any atom is 0.165 e. The topological polar surface area (TPSA) is 69.0 Å². The smallest absolute Gasteiger partial charge is 0.165 e. The quantitative estimate of drug-likeness (QED) is 0.391. The van der Waals surface area contributed by atoms with Gasteiger partial charge in [-0.05, 0) is 69.0 Å². The number of ether oxygens (including phenoxy) is 3. The zero-order chi connectivity index (χ0) is 25.4. The van der Waals surface area contributed by atoms with Crippen molar-refractivity contribution in [2.24, 2.45) is 0 Å². The maximum atomic E-state index is 13.9. The summed E-state index contributed by atoms with van der Waals surface area (Å²) in [5.74, 6) is 2.22. The molecule has 0 saturated carbocycles. The first-order valence-corrected chi connectivity index (χ1v) is 12.6. The number of halogens is 1. The Kier molecular flexibility index (Phi) is 8.83. The second-order valence-electron chi connectivity index (χ2n) is 9.43. The van der Waals surface area contributed by atoms with Gasteiger partial charge in [-0.15, -0.1) is 0 Å². The molecular formula is C28H36FN3O4. The predicted octanol–water partition coefficient (Wildman–Crippen LogP) is 4.60. The van der Waals surface area contributed by atoms with Gasteiger partial charge in [0.2, 0.25) is 0 Å². The fourth-order valence-electron chi connectivity index (χ4n) is 4.56. The minimum Gasteiger partial charge on any atom is -0.493 e. The van der Waals surface area contributed by atoms with Crippen LogP contribution < -0.4 is 14.2 Å². The third-order valence-electron chi connectivity index (χ3n) is 6.70. The van der Waals surface area contributed by atoms with E-state index in [-0.39, 0.29) is 12.4 Å². The average Bonchev–Trinajstić information content (AvgIpc) is 3.19. The van der Waals surface area contributed by atoms with Crippen LogP contribution in [-0.2, 0) is 13.1 Å². The first-order chi connectivity index (χ1) is 17.5. The third-order valence-corrected chi connectivity index (χ3v) is 6.70. The van der Waals surface area contributed by atoms with Crippen LogP contribution in [0.2, 0.25) is 0 Å². The number of hydrogen-bond donors (Lipinski definition) is 1. The Balaban J connectivity index is 1.29. The van der Waals surface area contributed by atoms with E-state index in [0.29, 0.717) is 25.2 Å². The summed E-state index contributed by atoms with van der Waals surface area (Å²) in [6, 6.07) is 12.3. The van der Waals surface area contributed by atoms with Crippen molar-refractivity contribution < 1.29 is 23.7 Å². The molecule has 1 aliphatic rings. The largest absolute Gasteiger partial charge is 0.493 e. The van der Waals surface area contributed by atoms with Gasteiger partial charge < -0.3 is 23.9 Å². The summed E-state index contributed by atoms with van der Waals surface area (Å²) >= 11 is 0. The minimum absolute atomic E-state index is 0.0842. The van der Waals surface area contributed by atoms with Gasteiger partial charge in [0.1, 0.15) is 12.4 Å². The van der Waals surface area contributed by atoms with Gasteiger partial charge in [0.05, 0.1) is 19.3 Å². The van der Waals surface area contributed by atoms with Gasteiger partial charge in [-0.2, -0.15) is 0 Å². The zero-order valence-corrected chi connectivity index (χ0v) is 21.2. The molecule has 7 nitrogen and oxygen atoms in total. The molecule has 4 rings (SSSR count). The Morgan fingerprint density at radius 2 is 1.92 bits per heavy atom. The lowest BCUT2D eigenvalue weighted by Gasteiger charge is -2.27. The van der Waals surface area contributed by atoms with Crippen molar-refractivity contribution in [1.29, 1.82) is 0 Å². The lowest BCUT2D eigenvalue weighted by Crippen LogP contribution is -2.37. The number of aryl methyl sites for hydroxylation is 2. The van der Waals surface area contributed by atoms with Crippen LogP contribution in [0.4, 0.5) is 4.39 Å². The summed E-state index contributed by atoms with van der Waals surface area (Å²) in [5, 5.41) is 11.1. The van der Waals surface area contributed by atoms with E-state index in [2.05, 4.69) is 20.5 Å². The lowest BCUT2D eigenvalue weighted by molar-refractivity contribution is -0.0177. The monoisotopic (exact) mass is 497 g/mol. The van der Waals surface area contributed by atoms with Crippen molar-refractivity contribution in [3.8, 4) is 17.2 Å². The molecule has 0 spiro atoms. The van der Waals surface area contributed by atoms with E-state index in [1.807, 2.05) is 31.5 Å². The molecule has 1 aromatic heterocycles. The lowest BCUT2D eigenvalue weighted by atomic mass is 9.96. The number of aromatic nitrogens is 2. The highest BCUT2D eigenvalue weighted by Crippen LogP contribution is 2.30. The molecule has 0 bridgehead atoms. The molecule has 1 fully saturated rings. The number of aliphatic hydroxyl groups is 1. The van der Waals surface area contributed by atoms with E-state index < -0.39 is 11.4 Å². The van der Waals surface area contributed by atoms with E-state index in [4.69, 9.17) is 14.2 Å². The Hall–Kier alpha value is -3.10. The molecule has 0 aliphatic carbocycles. The van der Waals surface area contributed by atoms with E-state index in [1.165, 1.54) is 6.07 Å². The van der Waals surface area contributed by atoms with Gasteiger partial charge in [0, 0.05) is 32.0 Å². The zero-order valence-electron chi connectivity index (χ0n) is 21.2. The standard InChI is InChI=1S/C28H36FN3O4/c1-22-30-13-17-32(22)15-6-18-35-27-19-23(9-10-26(27)34-2)20-31-14-5-11-28(33,12-16-31)21-36-25-8-4-3-7-24(25)29/h3-4,7-10,13,17,19,33H,5-6,11-12,14-16,18,20-21H2,1-2H3/t28-/m0/s1. The molecule has 0 amide bonds. The molecule has 1 atom stereocenters. The van der Waals surface area contributed by atoms with E-state index in [1.54, 1.807) is 25.3 Å². The van der Waals surface area contributed by atoms with Crippen LogP contribution in [0.3, 0.4) is 0 Å². The number of methoxy groups -OCH3 is 1. The van der Waals surface area contributed by atoms with Crippen LogP contribution in [0.1, 0.15) is 37.1 Å². The summed E-state index contributed by atoms with van der Waals surface area (Å²) < 4.78 is 33.2. The molecule has 1 N–H and O–H groups in total. The second kappa shape index (κ2) is 12.2. The highest BCUT2D eigenvalue weighted by Gasteiger charge is 2.31. The van der Waals surface area contributed by atoms with Gasteiger partial charge in [-0.25, -0.2) is 9.37 Å². The fraction of sp³-hybridized carbons (Fsp3) is 0.464. The predicted molar refractivity (Wildman–Crippen MR) is 136 cm³/mol. The third kappa shape index (κ3) is 6.98. The Morgan fingerprint density at radius 1 is 1.06 bits per heavy atom. The minimum atomic E-state index is -0.973. The molecule has 36 heavy (non-hydrogen) atoms. The number of nitrogens with zero attached hydrogens (tertiary/aromatic N) is 3. The van der Waals surface area contributed by atoms with Crippen LogP contribution in [-0.4, -0.2) is 58.6 Å². The van der Waals surface area contributed by atoms with Gasteiger partial charge >= 0.3 is 0 Å².